The van der Waals surface area contributed by atoms with Gasteiger partial charge in [0.05, 0.1) is 18.2 Å². The van der Waals surface area contributed by atoms with Crippen molar-refractivity contribution < 1.29 is 13.9 Å². The van der Waals surface area contributed by atoms with Crippen molar-refractivity contribution in [3.63, 3.8) is 0 Å². The first kappa shape index (κ1) is 20.1. The van der Waals surface area contributed by atoms with E-state index in [0.717, 1.165) is 34.9 Å². The highest BCUT2D eigenvalue weighted by Crippen LogP contribution is 2.42. The first-order valence-electron chi connectivity index (χ1n) is 11.2. The fraction of sp³-hybridized carbons (Fsp3) is 0.385. The van der Waals surface area contributed by atoms with Crippen molar-refractivity contribution in [1.82, 2.24) is 9.88 Å². The monoisotopic (exact) mass is 418 g/mol. The van der Waals surface area contributed by atoms with E-state index in [2.05, 4.69) is 11.1 Å². The maximum absolute atomic E-state index is 13.7. The third-order valence-electron chi connectivity index (χ3n) is 6.37. The standard InChI is InChI=1S/C26H27FN2O2/c27-21-13-11-20(12-14-21)25(29-16-2-1-8-23(29)30)26(31-17-18-9-10-18)22-7-3-5-19-6-4-15-28-24(19)22/h3-7,11-15,18,25-26H,1-2,8-10,16-17H2/t25-,26-/m1/s1. The molecule has 2 aliphatic rings. The van der Waals surface area contributed by atoms with Gasteiger partial charge in [-0.15, -0.1) is 0 Å². The molecule has 4 nitrogen and oxygen atoms in total. The number of amides is 1. The molecular weight excluding hydrogens is 391 g/mol. The van der Waals surface area contributed by atoms with Crippen LogP contribution in [-0.2, 0) is 9.53 Å². The molecule has 0 unspecified atom stereocenters. The molecule has 2 fully saturated rings. The Kier molecular flexibility index (Phi) is 5.68. The molecule has 0 N–H and O–H groups in total. The molecule has 3 aromatic rings. The van der Waals surface area contributed by atoms with Crippen LogP contribution in [0.2, 0.25) is 0 Å². The molecule has 0 bridgehead atoms. The van der Waals surface area contributed by atoms with E-state index < -0.39 is 0 Å². The lowest BCUT2D eigenvalue weighted by Crippen LogP contribution is -2.41. The Morgan fingerprint density at radius 2 is 1.87 bits per heavy atom. The first-order chi connectivity index (χ1) is 15.2. The highest BCUT2D eigenvalue weighted by atomic mass is 19.1. The fourth-order valence-electron chi connectivity index (χ4n) is 4.53. The maximum atomic E-state index is 13.7. The number of ether oxygens (including phenoxy) is 1. The zero-order valence-corrected chi connectivity index (χ0v) is 17.5. The van der Waals surface area contributed by atoms with E-state index in [0.29, 0.717) is 25.5 Å². The Bertz CT molecular complexity index is 1060. The summed E-state index contributed by atoms with van der Waals surface area (Å²) in [4.78, 5) is 19.6. The lowest BCUT2D eigenvalue weighted by Gasteiger charge is -2.40. The van der Waals surface area contributed by atoms with E-state index in [4.69, 9.17) is 4.74 Å². The lowest BCUT2D eigenvalue weighted by atomic mass is 9.91. The number of para-hydroxylation sites is 1. The number of benzene rings is 2. The van der Waals surface area contributed by atoms with Crippen LogP contribution in [0.15, 0.2) is 60.8 Å². The van der Waals surface area contributed by atoms with Crippen LogP contribution in [0.3, 0.4) is 0 Å². The molecule has 0 spiro atoms. The molecule has 2 heterocycles. The quantitative estimate of drug-likeness (QED) is 0.502. The van der Waals surface area contributed by atoms with Gasteiger partial charge in [0, 0.05) is 30.1 Å². The van der Waals surface area contributed by atoms with Crippen molar-refractivity contribution in [3.8, 4) is 0 Å². The summed E-state index contributed by atoms with van der Waals surface area (Å²) in [5, 5.41) is 1.04. The van der Waals surface area contributed by atoms with Crippen molar-refractivity contribution in [2.75, 3.05) is 13.2 Å². The van der Waals surface area contributed by atoms with Gasteiger partial charge >= 0.3 is 0 Å². The van der Waals surface area contributed by atoms with Gasteiger partial charge in [-0.25, -0.2) is 4.39 Å². The van der Waals surface area contributed by atoms with E-state index in [1.165, 1.54) is 25.0 Å². The van der Waals surface area contributed by atoms with Gasteiger partial charge in [0.25, 0.3) is 0 Å². The number of hydrogen-bond acceptors (Lipinski definition) is 3. The SMILES string of the molecule is O=C1CCCCN1[C@H](c1ccc(F)cc1)[C@H](OCC1CC1)c1cccc2cccnc12. The summed E-state index contributed by atoms with van der Waals surface area (Å²) < 4.78 is 20.3. The predicted molar refractivity (Wildman–Crippen MR) is 118 cm³/mol. The number of halogens is 1. The Morgan fingerprint density at radius 3 is 2.65 bits per heavy atom. The first-order valence-corrected chi connectivity index (χ1v) is 11.2. The Hall–Kier alpha value is -2.79. The molecule has 5 heteroatoms. The summed E-state index contributed by atoms with van der Waals surface area (Å²) in [6.07, 6.45) is 6.21. The fourth-order valence-corrected chi connectivity index (χ4v) is 4.53. The summed E-state index contributed by atoms with van der Waals surface area (Å²) in [6, 6.07) is 16.3. The molecule has 31 heavy (non-hydrogen) atoms. The minimum atomic E-state index is -0.369. The number of piperidine rings is 1. The topological polar surface area (TPSA) is 42.4 Å². The number of carbonyl (C=O) groups is 1. The van der Waals surface area contributed by atoms with Gasteiger partial charge in [-0.05, 0) is 55.4 Å². The highest BCUT2D eigenvalue weighted by molar-refractivity contribution is 5.82. The van der Waals surface area contributed by atoms with Crippen LogP contribution in [-0.4, -0.2) is 28.9 Å². The van der Waals surface area contributed by atoms with Gasteiger partial charge in [0.15, 0.2) is 0 Å². The average molecular weight is 419 g/mol. The van der Waals surface area contributed by atoms with Gasteiger partial charge in [-0.2, -0.15) is 0 Å². The molecule has 5 rings (SSSR count). The second kappa shape index (κ2) is 8.75. The zero-order valence-electron chi connectivity index (χ0n) is 17.5. The second-order valence-electron chi connectivity index (χ2n) is 8.66. The van der Waals surface area contributed by atoms with Crippen LogP contribution in [0.1, 0.15) is 55.4 Å². The van der Waals surface area contributed by atoms with E-state index in [9.17, 15) is 9.18 Å². The van der Waals surface area contributed by atoms with Crippen molar-refractivity contribution >= 4 is 16.8 Å². The second-order valence-corrected chi connectivity index (χ2v) is 8.66. The highest BCUT2D eigenvalue weighted by Gasteiger charge is 2.37. The van der Waals surface area contributed by atoms with Crippen LogP contribution in [0.4, 0.5) is 4.39 Å². The Balaban J connectivity index is 1.63. The molecule has 1 saturated carbocycles. The van der Waals surface area contributed by atoms with Gasteiger partial charge in [-0.3, -0.25) is 9.78 Å². The molecule has 0 radical (unpaired) electrons. The number of likely N-dealkylation sites (tertiary alicyclic amines) is 1. The van der Waals surface area contributed by atoms with Crippen LogP contribution in [0.25, 0.3) is 10.9 Å². The minimum Gasteiger partial charge on any atom is -0.371 e. The van der Waals surface area contributed by atoms with Gasteiger partial charge in [0.2, 0.25) is 5.91 Å². The number of nitrogens with zero attached hydrogens (tertiary/aromatic N) is 2. The lowest BCUT2D eigenvalue weighted by molar-refractivity contribution is -0.140. The number of aromatic nitrogens is 1. The number of pyridine rings is 1. The van der Waals surface area contributed by atoms with Crippen LogP contribution in [0.5, 0.6) is 0 Å². The molecule has 1 aromatic heterocycles. The summed E-state index contributed by atoms with van der Waals surface area (Å²) in [7, 11) is 0. The van der Waals surface area contributed by atoms with Gasteiger partial charge < -0.3 is 9.64 Å². The number of fused-ring (bicyclic) bond motifs is 1. The third-order valence-corrected chi connectivity index (χ3v) is 6.37. The molecular formula is C26H27FN2O2. The molecule has 2 aromatic carbocycles. The molecule has 1 amide bonds. The van der Waals surface area contributed by atoms with E-state index in [-0.39, 0.29) is 23.9 Å². The largest absolute Gasteiger partial charge is 0.371 e. The van der Waals surface area contributed by atoms with Crippen molar-refractivity contribution in [2.45, 2.75) is 44.2 Å². The van der Waals surface area contributed by atoms with E-state index in [1.54, 1.807) is 18.3 Å². The van der Waals surface area contributed by atoms with Crippen LogP contribution < -0.4 is 0 Å². The summed E-state index contributed by atoms with van der Waals surface area (Å²) in [5.74, 6) is 0.430. The smallest absolute Gasteiger partial charge is 0.223 e. The van der Waals surface area contributed by atoms with Crippen molar-refractivity contribution in [2.24, 2.45) is 5.92 Å². The van der Waals surface area contributed by atoms with Crippen LogP contribution in [0, 0.1) is 11.7 Å². The third kappa shape index (κ3) is 4.33. The molecule has 1 saturated heterocycles. The van der Waals surface area contributed by atoms with E-state index >= 15 is 0 Å². The normalized spacial score (nSPS) is 18.9. The number of hydrogen-bond donors (Lipinski definition) is 0. The number of rotatable bonds is 7. The zero-order chi connectivity index (χ0) is 21.2. The molecule has 160 valence electrons. The summed E-state index contributed by atoms with van der Waals surface area (Å²) >= 11 is 0. The summed E-state index contributed by atoms with van der Waals surface area (Å²) in [5.41, 5.74) is 2.76. The van der Waals surface area contributed by atoms with Gasteiger partial charge in [0.1, 0.15) is 11.9 Å². The minimum absolute atomic E-state index is 0.133. The molecule has 1 aliphatic heterocycles. The maximum Gasteiger partial charge on any atom is 0.223 e. The van der Waals surface area contributed by atoms with Crippen LogP contribution >= 0.6 is 0 Å². The number of carbonyl (C=O) groups excluding carboxylic acids is 1. The Labute approximate surface area is 182 Å². The Morgan fingerprint density at radius 1 is 1.06 bits per heavy atom. The summed E-state index contributed by atoms with van der Waals surface area (Å²) in [6.45, 7) is 1.34. The van der Waals surface area contributed by atoms with Crippen molar-refractivity contribution in [1.29, 1.82) is 0 Å². The van der Waals surface area contributed by atoms with E-state index in [1.807, 2.05) is 29.2 Å². The molecule has 2 atom stereocenters. The van der Waals surface area contributed by atoms with Crippen molar-refractivity contribution in [3.05, 3.63) is 77.7 Å². The predicted octanol–water partition coefficient (Wildman–Crippen LogP) is 5.60. The van der Waals surface area contributed by atoms with Gasteiger partial charge in [-0.1, -0.05) is 36.4 Å². The average Bonchev–Trinajstić information content (AvgIpc) is 3.63. The molecule has 1 aliphatic carbocycles.